The van der Waals surface area contributed by atoms with E-state index in [1.54, 1.807) is 21.0 Å². The van der Waals surface area contributed by atoms with Crippen molar-refractivity contribution >= 4 is 10.2 Å². The van der Waals surface area contributed by atoms with E-state index in [0.717, 1.165) is 10.6 Å². The third kappa shape index (κ3) is 9.87. The second-order valence-electron chi connectivity index (χ2n) is 17.2. The van der Waals surface area contributed by atoms with Gasteiger partial charge in [-0.25, -0.2) is 0 Å². The van der Waals surface area contributed by atoms with Gasteiger partial charge < -0.3 is 0 Å². The van der Waals surface area contributed by atoms with Crippen LogP contribution in [0.3, 0.4) is 0 Å². The summed E-state index contributed by atoms with van der Waals surface area (Å²) in [4.78, 5) is 16.4. The molecule has 0 aromatic carbocycles. The van der Waals surface area contributed by atoms with Gasteiger partial charge in [-0.05, 0) is 0 Å². The first-order chi connectivity index (χ1) is 23.4. The van der Waals surface area contributed by atoms with E-state index in [9.17, 15) is 20.1 Å². The van der Waals surface area contributed by atoms with E-state index in [1.807, 2.05) is 48.5 Å². The molecule has 0 bridgehead atoms. The predicted molar refractivity (Wildman–Crippen MR) is 193 cm³/mol. The Balaban J connectivity index is 2.18. The van der Waals surface area contributed by atoms with Crippen LogP contribution in [0.2, 0.25) is 0 Å². The fourth-order valence-electron chi connectivity index (χ4n) is 8.92. The van der Waals surface area contributed by atoms with Gasteiger partial charge in [0.25, 0.3) is 0 Å². The van der Waals surface area contributed by atoms with Crippen molar-refractivity contribution in [3.63, 3.8) is 0 Å². The number of esters is 1. The minimum atomic E-state index is -1.75. The molecule has 3 rings (SSSR count). The molecule has 3 saturated heterocycles. The molecule has 0 spiro atoms. The first-order valence-corrected chi connectivity index (χ1v) is 19.9. The molecule has 18 atom stereocenters. The van der Waals surface area contributed by atoms with E-state index in [1.165, 1.54) is 6.92 Å². The Morgan fingerprint density at radius 3 is 2.08 bits per heavy atom. The average Bonchev–Trinajstić information content (AvgIpc) is 3.05. The molecular weight excluding hydrogens is 693 g/mol. The van der Waals surface area contributed by atoms with Gasteiger partial charge in [-0.15, -0.1) is 0 Å². The van der Waals surface area contributed by atoms with E-state index >= 15 is 0 Å². The Labute approximate surface area is 317 Å². The Hall–Kier alpha value is -0.436. The molecule has 297 valence electrons. The minimum absolute atomic E-state index is 0.0226. The maximum atomic E-state index is 14.2. The van der Waals surface area contributed by atoms with Crippen LogP contribution in [0.15, 0.2) is 0 Å². The van der Waals surface area contributed by atoms with E-state index in [0.29, 0.717) is 6.42 Å². The number of methoxy groups -OCH3 is 1. The maximum absolute atomic E-state index is 14.2. The number of cyclic esters (lactones) is 1. The van der Waals surface area contributed by atoms with E-state index < -0.39 is 77.5 Å². The van der Waals surface area contributed by atoms with Gasteiger partial charge in [0.05, 0.1) is 0 Å². The van der Waals surface area contributed by atoms with Gasteiger partial charge in [0.1, 0.15) is 0 Å². The zero-order valence-corrected chi connectivity index (χ0v) is 35.5. The molecule has 0 aromatic heterocycles. The van der Waals surface area contributed by atoms with Crippen LogP contribution in [-0.2, 0) is 50.2 Å². The summed E-state index contributed by atoms with van der Waals surface area (Å²) in [6.07, 6.45) is -3.74. The van der Waals surface area contributed by atoms with Crippen LogP contribution in [0.1, 0.15) is 109 Å². The Morgan fingerprint density at radius 2 is 1.53 bits per heavy atom. The van der Waals surface area contributed by atoms with E-state index in [2.05, 4.69) is 49.8 Å². The van der Waals surface area contributed by atoms with Gasteiger partial charge in [0, 0.05) is 7.11 Å². The summed E-state index contributed by atoms with van der Waals surface area (Å²) in [6.45, 7) is 22.9. The molecule has 0 aromatic rings. The van der Waals surface area contributed by atoms with Gasteiger partial charge in [-0.1, -0.05) is 6.92 Å². The molecule has 0 amide bonds. The van der Waals surface area contributed by atoms with Crippen LogP contribution >= 0.6 is 0 Å². The SMILES string of the molecule is CC[C@H]1OC(=O)[C@H](C)[C@@H](OC2C[C@@](C)(OC)[C@@H](C)[C@H](C)O2)[C@H](C)[C@@H](O[C@@H]2O[C@H](C)C[C@H](N(C)C)[C@H]2C)[C@@](C)(O)C[C@@H](C)[C](=[V])[C@H](C)[C@@H](O)[C@]1(C)O. The van der Waals surface area contributed by atoms with Gasteiger partial charge in [0.2, 0.25) is 0 Å². The quantitative estimate of drug-likeness (QED) is 0.317. The number of carbonyl (C=O) groups is 1. The molecule has 0 radical (unpaired) electrons. The number of nitrogens with zero attached hydrogens (tertiary/aromatic N) is 1. The molecule has 12 heteroatoms. The summed E-state index contributed by atoms with van der Waals surface area (Å²) in [7, 11) is 5.81. The predicted octanol–water partition coefficient (Wildman–Crippen LogP) is 4.49. The Bertz CT molecular complexity index is 1170. The average molecular weight is 765 g/mol. The third-order valence-electron chi connectivity index (χ3n) is 12.8. The monoisotopic (exact) mass is 764 g/mol. The van der Waals surface area contributed by atoms with Crippen LogP contribution in [-0.4, -0.2) is 124 Å². The first kappa shape index (κ1) is 45.0. The number of ether oxygens (including phenoxy) is 6. The first-order valence-electron chi connectivity index (χ1n) is 19.2. The van der Waals surface area contributed by atoms with E-state index in [4.69, 9.17) is 28.4 Å². The zero-order chi connectivity index (χ0) is 39.0. The molecule has 0 saturated carbocycles. The number of hydrogen-bond donors (Lipinski definition) is 3. The van der Waals surface area contributed by atoms with Crippen LogP contribution < -0.4 is 0 Å². The third-order valence-corrected chi connectivity index (χ3v) is 14.1. The molecule has 3 heterocycles. The molecule has 3 aliphatic rings. The van der Waals surface area contributed by atoms with Crippen molar-refractivity contribution in [1.29, 1.82) is 0 Å². The number of rotatable bonds is 7. The Morgan fingerprint density at radius 1 is 0.922 bits per heavy atom. The normalized spacial score (nSPS) is 49.7. The number of hydrogen-bond acceptors (Lipinski definition) is 11. The standard InChI is InChI=1S/C39H71NO10.V/c1-16-30-39(12,44)33(41)22(3)17-21(2)19-37(10,43)34(50-36-24(5)29(40(13)14)18-23(4)46-36)25(6)32(26(7)35(42)48-30)49-31-20-38(11,45-15)27(8)28(9)47-31;/h21-34,36,41,43-44H,16,18-20H2,1-15H3;/t21-,22-,23+,24+,25-,26+,27-,28-,29-,30+,31?,32-,33+,34+,36-,37-,38+,39+;/m0./s1. The molecule has 0 aliphatic carbocycles. The number of aliphatic hydroxyl groups is 3. The molecule has 51 heavy (non-hydrogen) atoms. The summed E-state index contributed by atoms with van der Waals surface area (Å²) in [5.74, 6) is -2.67. The fraction of sp³-hybridized carbons (Fsp3) is 0.949. The van der Waals surface area contributed by atoms with Crippen molar-refractivity contribution in [2.75, 3.05) is 21.2 Å². The second kappa shape index (κ2) is 17.6. The number of aliphatic hydroxyl groups excluding tert-OH is 1. The number of carbonyl (C=O) groups excluding carboxylic acids is 1. The van der Waals surface area contributed by atoms with Crippen molar-refractivity contribution in [3.8, 4) is 0 Å². The van der Waals surface area contributed by atoms with Crippen LogP contribution in [0, 0.1) is 35.5 Å². The van der Waals surface area contributed by atoms with Gasteiger partial charge in [-0.2, -0.15) is 0 Å². The summed E-state index contributed by atoms with van der Waals surface area (Å²) >= 11 is 2.54. The fourth-order valence-corrected chi connectivity index (χ4v) is 9.28. The van der Waals surface area contributed by atoms with Crippen molar-refractivity contribution in [2.24, 2.45) is 35.5 Å². The summed E-state index contributed by atoms with van der Waals surface area (Å²) in [5.41, 5.74) is -3.74. The van der Waals surface area contributed by atoms with E-state index in [-0.39, 0.29) is 48.8 Å². The molecule has 3 aliphatic heterocycles. The van der Waals surface area contributed by atoms with Crippen molar-refractivity contribution < 1.29 is 65.5 Å². The molecule has 1 unspecified atom stereocenters. The summed E-state index contributed by atoms with van der Waals surface area (Å²) in [6, 6.07) is 0.192. The van der Waals surface area contributed by atoms with Crippen molar-refractivity contribution in [1.82, 2.24) is 4.90 Å². The second-order valence-corrected chi connectivity index (χ2v) is 18.0. The molecular formula is C39H71NO10V. The Kier molecular flexibility index (Phi) is 15.5. The van der Waals surface area contributed by atoms with Crippen LogP contribution in [0.4, 0.5) is 0 Å². The molecule has 3 N–H and O–H groups in total. The molecule has 11 nitrogen and oxygen atoms in total. The van der Waals surface area contributed by atoms with Gasteiger partial charge in [-0.3, -0.25) is 0 Å². The van der Waals surface area contributed by atoms with Gasteiger partial charge in [0.15, 0.2) is 0 Å². The van der Waals surface area contributed by atoms with Crippen LogP contribution in [0.25, 0.3) is 0 Å². The summed E-state index contributed by atoms with van der Waals surface area (Å²) in [5, 5.41) is 35.9. The topological polar surface area (TPSA) is 136 Å². The van der Waals surface area contributed by atoms with Gasteiger partial charge >= 0.3 is 304 Å². The molecule has 3 fully saturated rings. The van der Waals surface area contributed by atoms with Crippen molar-refractivity contribution in [2.45, 2.75) is 181 Å². The van der Waals surface area contributed by atoms with Crippen LogP contribution in [0.5, 0.6) is 0 Å². The zero-order valence-electron chi connectivity index (χ0n) is 34.1. The van der Waals surface area contributed by atoms with Crippen molar-refractivity contribution in [3.05, 3.63) is 0 Å². The summed E-state index contributed by atoms with van der Waals surface area (Å²) < 4.78 is 39.7.